The number of rotatable bonds is 29. The number of halogens is 3. The Hall–Kier alpha value is -6.22. The Morgan fingerprint density at radius 3 is 1.03 bits per heavy atom. The zero-order chi connectivity index (χ0) is 63.1. The predicted molar refractivity (Wildman–Crippen MR) is 357 cm³/mol. The Balaban J connectivity index is 1.04. The lowest BCUT2D eigenvalue weighted by atomic mass is 9.85. The van der Waals surface area contributed by atoms with Crippen LogP contribution in [0.3, 0.4) is 0 Å². The Morgan fingerprint density at radius 2 is 0.756 bits per heavy atom. The summed E-state index contributed by atoms with van der Waals surface area (Å²) in [5.41, 5.74) is 7.70. The second-order valence-corrected chi connectivity index (χ2v) is 28.8. The minimum atomic E-state index is -1.50. The quantitative estimate of drug-likeness (QED) is 0.0266. The van der Waals surface area contributed by atoms with Gasteiger partial charge in [0.25, 0.3) is 0 Å². The van der Waals surface area contributed by atoms with Crippen molar-refractivity contribution in [1.29, 1.82) is 0 Å². The molecule has 9 heteroatoms. The largest absolute Gasteiger partial charge is 0.369 e. The van der Waals surface area contributed by atoms with E-state index in [-0.39, 0.29) is 40.9 Å². The summed E-state index contributed by atoms with van der Waals surface area (Å²) in [5.74, 6) is -7.11. The monoisotopic (exact) mass is 1170 g/mol. The maximum atomic E-state index is 16.8. The Morgan fingerprint density at radius 1 is 0.465 bits per heavy atom. The van der Waals surface area contributed by atoms with Crippen molar-refractivity contribution in [1.82, 2.24) is 14.0 Å². The molecule has 0 amide bonds. The molecule has 0 aliphatic rings. The van der Waals surface area contributed by atoms with E-state index in [1.54, 1.807) is 0 Å². The molecule has 0 spiro atoms. The van der Waals surface area contributed by atoms with Crippen LogP contribution in [0, 0.1) is 17.5 Å². The number of carbonyl (C=O) groups excluding carboxylic acids is 3. The molecule has 2 heterocycles. The molecule has 0 bridgehead atoms. The number of aromatic nitrogens is 2. The first-order chi connectivity index (χ1) is 40.5. The fourth-order valence-electron chi connectivity index (χ4n) is 12.3. The third-order valence-corrected chi connectivity index (χ3v) is 18.0. The second-order valence-electron chi connectivity index (χ2n) is 28.8. The fourth-order valence-corrected chi connectivity index (χ4v) is 12.3. The first-order valence-electron chi connectivity index (χ1n) is 32.6. The van der Waals surface area contributed by atoms with Crippen molar-refractivity contribution in [2.24, 2.45) is 0 Å². The molecule has 7 rings (SSSR count). The van der Waals surface area contributed by atoms with Crippen molar-refractivity contribution >= 4 is 61.0 Å². The molecule has 2 aromatic heterocycles. The van der Waals surface area contributed by atoms with Gasteiger partial charge in [0.05, 0.1) is 16.7 Å². The van der Waals surface area contributed by atoms with E-state index >= 15 is 13.2 Å². The summed E-state index contributed by atoms with van der Waals surface area (Å²) in [5, 5.41) is 4.89. The lowest BCUT2D eigenvalue weighted by Crippen LogP contribution is -2.31. The molecule has 0 fully saturated rings. The van der Waals surface area contributed by atoms with Crippen LogP contribution >= 0.6 is 0 Å². The van der Waals surface area contributed by atoms with Gasteiger partial charge in [-0.3, -0.25) is 14.4 Å². The lowest BCUT2D eigenvalue weighted by Gasteiger charge is -2.31. The maximum absolute atomic E-state index is 16.8. The van der Waals surface area contributed by atoms with Crippen LogP contribution in [0.5, 0.6) is 0 Å². The highest BCUT2D eigenvalue weighted by Gasteiger charge is 2.34. The number of nitrogens with zero attached hydrogens (tertiary/aromatic N) is 3. The van der Waals surface area contributed by atoms with Gasteiger partial charge in [0.1, 0.15) is 0 Å². The summed E-state index contributed by atoms with van der Waals surface area (Å²) in [6, 6.07) is 27.4. The Bertz CT molecular complexity index is 3260. The number of carbonyl (C=O) groups is 3. The summed E-state index contributed by atoms with van der Waals surface area (Å²) in [7, 11) is 0. The molecule has 1 unspecified atom stereocenters. The van der Waals surface area contributed by atoms with Crippen LogP contribution in [-0.2, 0) is 34.7 Å². The average molecular weight is 1170 g/mol. The first kappa shape index (κ1) is 67.3. The van der Waals surface area contributed by atoms with Gasteiger partial charge in [0, 0.05) is 94.2 Å². The SMILES string of the molecule is C=C(/C=C\CC)N(CCCCCCC(=O)c1c(F)c(C(=O)CCCCCCn2c3ccc(C(C)(C)C)cc3c3cc(C(C)(C)C)ccc32)c(F)c(C(=O)CCCCCCn2c3ccc(C(C)(C)C)cc3c3cc(C(C)(C)C)ccc32)c1F)C(C)CC. The van der Waals surface area contributed by atoms with Gasteiger partial charge in [-0.1, -0.05) is 172 Å². The minimum Gasteiger partial charge on any atom is -0.369 e. The van der Waals surface area contributed by atoms with Gasteiger partial charge >= 0.3 is 0 Å². The molecule has 0 N–H and O–H groups in total. The van der Waals surface area contributed by atoms with Crippen LogP contribution in [0.2, 0.25) is 0 Å². The van der Waals surface area contributed by atoms with Gasteiger partial charge in [0.2, 0.25) is 0 Å². The van der Waals surface area contributed by atoms with Gasteiger partial charge in [-0.05, 0) is 157 Å². The summed E-state index contributed by atoms with van der Waals surface area (Å²) >= 11 is 0. The van der Waals surface area contributed by atoms with Crippen LogP contribution in [0.25, 0.3) is 43.6 Å². The molecule has 7 aromatic rings. The van der Waals surface area contributed by atoms with Gasteiger partial charge in [-0.2, -0.15) is 0 Å². The Kier molecular flexibility index (Phi) is 22.1. The summed E-state index contributed by atoms with van der Waals surface area (Å²) < 4.78 is 55.0. The number of ketones is 3. The number of hydrogen-bond acceptors (Lipinski definition) is 4. The topological polar surface area (TPSA) is 64.3 Å². The predicted octanol–water partition coefficient (Wildman–Crippen LogP) is 21.9. The number of fused-ring (bicyclic) bond motifs is 6. The normalized spacial score (nSPS) is 13.1. The molecule has 0 aliphatic heterocycles. The Labute approximate surface area is 514 Å². The number of aryl methyl sites for hydroxylation is 2. The number of hydrogen-bond donors (Lipinski definition) is 0. The third kappa shape index (κ3) is 15.7. The summed E-state index contributed by atoms with van der Waals surface area (Å²) in [6.07, 6.45) is 13.0. The van der Waals surface area contributed by atoms with E-state index in [4.69, 9.17) is 0 Å². The van der Waals surface area contributed by atoms with Crippen molar-refractivity contribution in [2.75, 3.05) is 6.54 Å². The molecule has 464 valence electrons. The number of unbranched alkanes of at least 4 members (excludes halogenated alkanes) is 9. The van der Waals surface area contributed by atoms with E-state index in [1.165, 1.54) is 65.9 Å². The van der Waals surface area contributed by atoms with E-state index in [9.17, 15) is 14.4 Å². The fraction of sp³-hybridized carbons (Fsp3) is 0.519. The van der Waals surface area contributed by atoms with E-state index < -0.39 is 51.5 Å². The second kappa shape index (κ2) is 28.3. The molecule has 86 heavy (non-hydrogen) atoms. The molecule has 6 nitrogen and oxygen atoms in total. The van der Waals surface area contributed by atoms with Crippen LogP contribution in [0.15, 0.2) is 97.2 Å². The van der Waals surface area contributed by atoms with E-state index in [2.05, 4.69) is 203 Å². The molecular formula is C77H102F3N3O3. The van der Waals surface area contributed by atoms with Gasteiger partial charge < -0.3 is 14.0 Å². The summed E-state index contributed by atoms with van der Waals surface area (Å²) in [6.45, 7) is 39.7. The zero-order valence-electron chi connectivity index (χ0n) is 55.2. The lowest BCUT2D eigenvalue weighted by molar-refractivity contribution is 0.0961. The summed E-state index contributed by atoms with van der Waals surface area (Å²) in [4.78, 5) is 44.4. The first-order valence-corrected chi connectivity index (χ1v) is 32.6. The van der Waals surface area contributed by atoms with Crippen LogP contribution in [0.1, 0.15) is 266 Å². The number of benzene rings is 5. The van der Waals surface area contributed by atoms with Crippen LogP contribution < -0.4 is 0 Å². The standard InChI is InChI=1S/C77H102F3N3O3/c1-17-19-32-52(4)81(51(3)18-2)44-29-23-20-26-33-65(84)68-71(78)69(66(85)34-27-21-24-30-45-82-61-40-36-53(74(5,6)7)47-57(61)58-48-54(75(8,9)10)37-41-62(58)82)73(80)70(72(68)79)67(86)35-28-22-25-31-46-83-63-42-38-55(76(11,12)13)49-59(63)60-50-56(77(14,15)16)39-43-64(60)83/h19,32,36-43,47-51H,4,17-18,20-31,33-35,44-46H2,1-3,5-16H3/b32-19-. The third-order valence-electron chi connectivity index (χ3n) is 18.0. The number of allylic oxidation sites excluding steroid dienone is 2. The van der Waals surface area contributed by atoms with Crippen molar-refractivity contribution < 1.29 is 27.6 Å². The average Bonchev–Trinajstić information content (AvgIpc) is 1.60. The van der Waals surface area contributed by atoms with Crippen molar-refractivity contribution in [3.8, 4) is 0 Å². The van der Waals surface area contributed by atoms with Crippen molar-refractivity contribution in [2.45, 2.75) is 254 Å². The van der Waals surface area contributed by atoms with E-state index in [1.807, 2.05) is 6.08 Å². The highest BCUT2D eigenvalue weighted by atomic mass is 19.1. The van der Waals surface area contributed by atoms with E-state index in [0.717, 1.165) is 76.7 Å². The van der Waals surface area contributed by atoms with Gasteiger partial charge in [0.15, 0.2) is 34.8 Å². The van der Waals surface area contributed by atoms with E-state index in [0.29, 0.717) is 44.6 Å². The zero-order valence-corrected chi connectivity index (χ0v) is 55.2. The molecule has 0 saturated heterocycles. The van der Waals surface area contributed by atoms with Crippen molar-refractivity contribution in [3.63, 3.8) is 0 Å². The highest BCUT2D eigenvalue weighted by Crippen LogP contribution is 2.39. The molecule has 1 atom stereocenters. The van der Waals surface area contributed by atoms with Crippen LogP contribution in [-0.4, -0.2) is 44.0 Å². The highest BCUT2D eigenvalue weighted by molar-refractivity contribution is 6.10. The number of Topliss-reactive ketones (excluding diaryl/α,β-unsaturated/α-hetero) is 3. The molecular weight excluding hydrogens is 1070 g/mol. The van der Waals surface area contributed by atoms with Crippen LogP contribution in [0.4, 0.5) is 13.2 Å². The van der Waals surface area contributed by atoms with Gasteiger partial charge in [-0.15, -0.1) is 0 Å². The molecule has 0 saturated carbocycles. The molecule has 5 aromatic carbocycles. The minimum absolute atomic E-state index is 0.0129. The maximum Gasteiger partial charge on any atom is 0.168 e. The molecule has 0 aliphatic carbocycles. The smallest absolute Gasteiger partial charge is 0.168 e. The van der Waals surface area contributed by atoms with Crippen molar-refractivity contribution in [3.05, 3.63) is 154 Å². The molecule has 0 radical (unpaired) electrons. The van der Waals surface area contributed by atoms with Gasteiger partial charge in [-0.25, -0.2) is 13.2 Å².